The molecule has 1 N–H and O–H groups in total. The number of ether oxygens (including phenoxy) is 1. The Labute approximate surface area is 158 Å². The van der Waals surface area contributed by atoms with Crippen LogP contribution in [0.5, 0.6) is 5.75 Å². The molecule has 0 radical (unpaired) electrons. The van der Waals surface area contributed by atoms with Crippen molar-refractivity contribution in [3.63, 3.8) is 0 Å². The predicted molar refractivity (Wildman–Crippen MR) is 103 cm³/mol. The number of aromatic nitrogens is 3. The van der Waals surface area contributed by atoms with Gasteiger partial charge in [0, 0.05) is 12.7 Å². The maximum atomic E-state index is 12.5. The lowest BCUT2D eigenvalue weighted by atomic mass is 9.90. The van der Waals surface area contributed by atoms with Gasteiger partial charge in [-0.2, -0.15) is 0 Å². The molecular formula is C21H24N4O2. The highest BCUT2D eigenvalue weighted by molar-refractivity contribution is 5.99. The Morgan fingerprint density at radius 1 is 1.15 bits per heavy atom. The molecule has 0 saturated heterocycles. The molecule has 0 bridgehead atoms. The third-order valence-corrected chi connectivity index (χ3v) is 5.16. The molecule has 6 nitrogen and oxygen atoms in total. The van der Waals surface area contributed by atoms with Gasteiger partial charge in [-0.25, -0.2) is 0 Å². The van der Waals surface area contributed by atoms with E-state index in [1.807, 2.05) is 36.5 Å². The Hall–Kier alpha value is -2.89. The topological polar surface area (TPSA) is 68.5 Å². The summed E-state index contributed by atoms with van der Waals surface area (Å²) in [7, 11) is 0. The first-order valence-electron chi connectivity index (χ1n) is 9.58. The number of nitrogens with one attached hydrogen (secondary N) is 1. The number of hydrogen-bond donors (Lipinski definition) is 1. The normalized spacial score (nSPS) is 15.0. The van der Waals surface area contributed by atoms with Gasteiger partial charge in [-0.15, -0.1) is 10.2 Å². The van der Waals surface area contributed by atoms with Crippen LogP contribution in [0.3, 0.4) is 0 Å². The Bertz CT molecular complexity index is 898. The Kier molecular flexibility index (Phi) is 5.32. The maximum absolute atomic E-state index is 12.5. The first-order chi connectivity index (χ1) is 13.3. The van der Waals surface area contributed by atoms with E-state index in [4.69, 9.17) is 4.74 Å². The number of rotatable bonds is 6. The van der Waals surface area contributed by atoms with Crippen LogP contribution in [0.2, 0.25) is 0 Å². The Morgan fingerprint density at radius 2 is 1.96 bits per heavy atom. The molecule has 0 spiro atoms. The summed E-state index contributed by atoms with van der Waals surface area (Å²) in [5, 5.41) is 10.8. The molecule has 1 aliphatic carbocycles. The summed E-state index contributed by atoms with van der Waals surface area (Å²) in [6, 6.07) is 11.5. The summed E-state index contributed by atoms with van der Waals surface area (Å²) < 4.78 is 7.66. The van der Waals surface area contributed by atoms with Crippen LogP contribution in [0.4, 0.5) is 0 Å². The quantitative estimate of drug-likeness (QED) is 0.725. The molecule has 3 aromatic rings. The number of carbonyl (C=O) groups excluding carboxylic acids is 1. The number of pyridine rings is 1. The third kappa shape index (κ3) is 4.27. The monoisotopic (exact) mass is 364 g/mol. The van der Waals surface area contributed by atoms with Crippen LogP contribution in [0.25, 0.3) is 5.65 Å². The van der Waals surface area contributed by atoms with Crippen molar-refractivity contribution >= 4 is 11.6 Å². The van der Waals surface area contributed by atoms with Gasteiger partial charge in [0.1, 0.15) is 12.1 Å². The van der Waals surface area contributed by atoms with Crippen molar-refractivity contribution in [2.24, 2.45) is 5.92 Å². The molecule has 27 heavy (non-hydrogen) atoms. The Balaban J connectivity index is 1.30. The summed E-state index contributed by atoms with van der Waals surface area (Å²) >= 11 is 0. The number of carbonyl (C=O) groups is 1. The van der Waals surface area contributed by atoms with E-state index in [0.29, 0.717) is 23.7 Å². The van der Waals surface area contributed by atoms with E-state index >= 15 is 0 Å². The zero-order chi connectivity index (χ0) is 18.5. The second-order valence-electron chi connectivity index (χ2n) is 7.13. The molecular weight excluding hydrogens is 340 g/mol. The van der Waals surface area contributed by atoms with Gasteiger partial charge >= 0.3 is 0 Å². The fraction of sp³-hybridized carbons (Fsp3) is 0.381. The highest BCUT2D eigenvalue weighted by Gasteiger charge is 2.14. The van der Waals surface area contributed by atoms with Crippen LogP contribution in [0.15, 0.2) is 48.9 Å². The first-order valence-corrected chi connectivity index (χ1v) is 9.58. The number of amides is 1. The van der Waals surface area contributed by atoms with E-state index < -0.39 is 0 Å². The van der Waals surface area contributed by atoms with Crippen LogP contribution in [-0.4, -0.2) is 27.1 Å². The highest BCUT2D eigenvalue weighted by atomic mass is 16.5. The largest absolute Gasteiger partial charge is 0.493 e. The molecule has 2 aromatic heterocycles. The summed E-state index contributed by atoms with van der Waals surface area (Å²) in [4.78, 5) is 12.5. The summed E-state index contributed by atoms with van der Waals surface area (Å²) in [5.74, 6) is 1.42. The molecule has 2 heterocycles. The second-order valence-corrected chi connectivity index (χ2v) is 7.13. The van der Waals surface area contributed by atoms with Crippen molar-refractivity contribution in [3.05, 3.63) is 60.0 Å². The minimum Gasteiger partial charge on any atom is -0.493 e. The van der Waals surface area contributed by atoms with Crippen LogP contribution in [-0.2, 0) is 6.54 Å². The van der Waals surface area contributed by atoms with Crippen molar-refractivity contribution in [1.29, 1.82) is 0 Å². The third-order valence-electron chi connectivity index (χ3n) is 5.16. The van der Waals surface area contributed by atoms with Crippen LogP contribution in [0, 0.1) is 5.92 Å². The number of benzene rings is 1. The molecule has 4 rings (SSSR count). The number of fused-ring (bicyclic) bond motifs is 1. The van der Waals surface area contributed by atoms with E-state index in [1.165, 1.54) is 32.1 Å². The molecule has 1 saturated carbocycles. The molecule has 6 heteroatoms. The molecule has 1 aromatic carbocycles. The van der Waals surface area contributed by atoms with E-state index in [-0.39, 0.29) is 5.91 Å². The van der Waals surface area contributed by atoms with Gasteiger partial charge in [0.25, 0.3) is 5.91 Å². The molecule has 1 aliphatic rings. The fourth-order valence-electron chi connectivity index (χ4n) is 3.58. The van der Waals surface area contributed by atoms with Crippen molar-refractivity contribution in [2.75, 3.05) is 6.61 Å². The number of nitrogens with zero attached hydrogens (tertiary/aromatic N) is 3. The van der Waals surface area contributed by atoms with Gasteiger partial charge in [0.05, 0.1) is 12.2 Å². The number of hydrogen-bond acceptors (Lipinski definition) is 4. The van der Waals surface area contributed by atoms with Crippen molar-refractivity contribution in [1.82, 2.24) is 19.9 Å². The molecule has 1 fully saturated rings. The zero-order valence-electron chi connectivity index (χ0n) is 15.3. The fourth-order valence-corrected chi connectivity index (χ4v) is 3.58. The highest BCUT2D eigenvalue weighted by Crippen LogP contribution is 2.24. The first kappa shape index (κ1) is 17.5. The van der Waals surface area contributed by atoms with E-state index in [0.717, 1.165) is 17.9 Å². The lowest BCUT2D eigenvalue weighted by molar-refractivity contribution is 0.0952. The molecule has 0 atom stereocenters. The van der Waals surface area contributed by atoms with Gasteiger partial charge in [0.2, 0.25) is 0 Å². The molecule has 1 amide bonds. The predicted octanol–water partition coefficient (Wildman–Crippen LogP) is 3.62. The van der Waals surface area contributed by atoms with Gasteiger partial charge in [-0.1, -0.05) is 31.4 Å². The van der Waals surface area contributed by atoms with Crippen LogP contribution < -0.4 is 10.1 Å². The summed E-state index contributed by atoms with van der Waals surface area (Å²) in [6.45, 7) is 1.26. The lowest BCUT2D eigenvalue weighted by Gasteiger charge is -2.21. The lowest BCUT2D eigenvalue weighted by Crippen LogP contribution is -2.23. The average Bonchev–Trinajstić information content (AvgIpc) is 3.21. The average molecular weight is 364 g/mol. The SMILES string of the molecule is O=C(NCc1ccc(OCC2CCCCC2)cc1)c1cccn2cnnc12. The summed E-state index contributed by atoms with van der Waals surface area (Å²) in [5.41, 5.74) is 2.10. The molecule has 0 aliphatic heterocycles. The van der Waals surface area contributed by atoms with Crippen molar-refractivity contribution in [3.8, 4) is 5.75 Å². The van der Waals surface area contributed by atoms with Crippen LogP contribution >= 0.6 is 0 Å². The van der Waals surface area contributed by atoms with E-state index in [1.54, 1.807) is 16.8 Å². The smallest absolute Gasteiger partial charge is 0.255 e. The van der Waals surface area contributed by atoms with E-state index in [2.05, 4.69) is 15.5 Å². The minimum absolute atomic E-state index is 0.161. The zero-order valence-corrected chi connectivity index (χ0v) is 15.3. The second kappa shape index (κ2) is 8.20. The molecule has 140 valence electrons. The minimum atomic E-state index is -0.161. The maximum Gasteiger partial charge on any atom is 0.255 e. The van der Waals surface area contributed by atoms with Gasteiger partial charge in [-0.3, -0.25) is 9.20 Å². The van der Waals surface area contributed by atoms with Gasteiger partial charge in [-0.05, 0) is 48.6 Å². The van der Waals surface area contributed by atoms with Gasteiger partial charge in [0.15, 0.2) is 5.65 Å². The van der Waals surface area contributed by atoms with Gasteiger partial charge < -0.3 is 10.1 Å². The van der Waals surface area contributed by atoms with Crippen molar-refractivity contribution < 1.29 is 9.53 Å². The summed E-state index contributed by atoms with van der Waals surface area (Å²) in [6.07, 6.45) is 9.98. The Morgan fingerprint density at radius 3 is 2.78 bits per heavy atom. The van der Waals surface area contributed by atoms with E-state index in [9.17, 15) is 4.79 Å². The van der Waals surface area contributed by atoms with Crippen LogP contribution in [0.1, 0.15) is 48.0 Å². The van der Waals surface area contributed by atoms with Crippen molar-refractivity contribution in [2.45, 2.75) is 38.6 Å². The molecule has 0 unspecified atom stereocenters. The standard InChI is InChI=1S/C21H24N4O2/c26-21(19-7-4-12-25-15-23-24-20(19)25)22-13-16-8-10-18(11-9-16)27-14-17-5-2-1-3-6-17/h4,7-12,15,17H,1-3,5-6,13-14H2,(H,22,26).